The average Bonchev–Trinajstić information content (AvgIpc) is 2.80. The van der Waals surface area contributed by atoms with Crippen LogP contribution in [-0.2, 0) is 27.2 Å². The minimum atomic E-state index is -1.05. The summed E-state index contributed by atoms with van der Waals surface area (Å²) >= 11 is 0. The van der Waals surface area contributed by atoms with Crippen LogP contribution < -0.4 is 16.4 Å². The lowest BCUT2D eigenvalue weighted by Crippen LogP contribution is -2.54. The lowest BCUT2D eigenvalue weighted by Gasteiger charge is -2.22. The van der Waals surface area contributed by atoms with Gasteiger partial charge < -0.3 is 16.4 Å². The molecule has 0 aliphatic rings. The maximum atomic E-state index is 14.1. The Kier molecular flexibility index (Phi) is 7.91. The standard InChI is InChI=1S/C26H26FN3O3/c1-17(31)29-24(16-21-9-5-6-10-22(21)27)26(33)30-23(25(28)32)15-18-11-13-20(14-12-18)19-7-3-2-4-8-19/h2-14,23-24H,15-16H2,1H3,(H2,28,32)(H,29,31)(H,30,33)/t23-,24+/m1/s1. The van der Waals surface area contributed by atoms with Crippen LogP contribution in [0.4, 0.5) is 4.39 Å². The fraction of sp³-hybridized carbons (Fsp3) is 0.192. The van der Waals surface area contributed by atoms with Crippen molar-refractivity contribution < 1.29 is 18.8 Å². The predicted molar refractivity (Wildman–Crippen MR) is 124 cm³/mol. The van der Waals surface area contributed by atoms with Crippen LogP contribution >= 0.6 is 0 Å². The number of rotatable bonds is 9. The van der Waals surface area contributed by atoms with Gasteiger partial charge in [0, 0.05) is 19.8 Å². The first kappa shape index (κ1) is 23.7. The Hall–Kier alpha value is -4.00. The number of halogens is 1. The van der Waals surface area contributed by atoms with Gasteiger partial charge in [0.2, 0.25) is 17.7 Å². The number of hydrogen-bond acceptors (Lipinski definition) is 3. The predicted octanol–water partition coefficient (Wildman–Crippen LogP) is 2.75. The molecule has 3 aromatic rings. The second kappa shape index (κ2) is 11.0. The molecule has 3 amide bonds. The maximum Gasteiger partial charge on any atom is 0.243 e. The fourth-order valence-electron chi connectivity index (χ4n) is 3.53. The molecule has 0 spiro atoms. The summed E-state index contributed by atoms with van der Waals surface area (Å²) in [6.07, 6.45) is 0.123. The quantitative estimate of drug-likeness (QED) is 0.470. The first-order valence-electron chi connectivity index (χ1n) is 10.6. The number of carbonyl (C=O) groups is 3. The van der Waals surface area contributed by atoms with Crippen LogP contribution in [0.5, 0.6) is 0 Å². The van der Waals surface area contributed by atoms with Crippen molar-refractivity contribution in [3.8, 4) is 11.1 Å². The van der Waals surface area contributed by atoms with Gasteiger partial charge in [-0.05, 0) is 28.3 Å². The lowest BCUT2D eigenvalue weighted by atomic mass is 9.99. The van der Waals surface area contributed by atoms with E-state index < -0.39 is 35.6 Å². The Labute approximate surface area is 192 Å². The second-order valence-electron chi connectivity index (χ2n) is 7.78. The van der Waals surface area contributed by atoms with E-state index in [2.05, 4.69) is 10.6 Å². The molecule has 0 aliphatic heterocycles. The van der Waals surface area contributed by atoms with Gasteiger partial charge in [-0.15, -0.1) is 0 Å². The highest BCUT2D eigenvalue weighted by atomic mass is 19.1. The van der Waals surface area contributed by atoms with E-state index in [0.717, 1.165) is 16.7 Å². The molecule has 170 valence electrons. The number of primary amides is 1. The third-order valence-electron chi connectivity index (χ3n) is 5.24. The molecule has 0 fully saturated rings. The molecule has 7 heteroatoms. The summed E-state index contributed by atoms with van der Waals surface area (Å²) < 4.78 is 14.1. The number of benzene rings is 3. The van der Waals surface area contributed by atoms with E-state index in [0.29, 0.717) is 0 Å². The minimum absolute atomic E-state index is 0.0602. The molecule has 3 aromatic carbocycles. The molecule has 0 saturated carbocycles. The van der Waals surface area contributed by atoms with E-state index >= 15 is 0 Å². The molecule has 6 nitrogen and oxygen atoms in total. The van der Waals surface area contributed by atoms with Gasteiger partial charge in [0.15, 0.2) is 0 Å². The van der Waals surface area contributed by atoms with Crippen LogP contribution in [0.25, 0.3) is 11.1 Å². The Bertz CT molecular complexity index is 1120. The normalized spacial score (nSPS) is 12.4. The zero-order chi connectivity index (χ0) is 23.8. The molecule has 33 heavy (non-hydrogen) atoms. The van der Waals surface area contributed by atoms with Crippen molar-refractivity contribution in [1.29, 1.82) is 0 Å². The van der Waals surface area contributed by atoms with Gasteiger partial charge >= 0.3 is 0 Å². The Morgan fingerprint density at radius 2 is 1.39 bits per heavy atom. The topological polar surface area (TPSA) is 101 Å². The van der Waals surface area contributed by atoms with Crippen molar-refractivity contribution in [2.45, 2.75) is 31.8 Å². The highest BCUT2D eigenvalue weighted by Crippen LogP contribution is 2.20. The Balaban J connectivity index is 1.71. The van der Waals surface area contributed by atoms with Gasteiger partial charge in [0.25, 0.3) is 0 Å². The number of amides is 3. The van der Waals surface area contributed by atoms with Gasteiger partial charge in [-0.25, -0.2) is 4.39 Å². The van der Waals surface area contributed by atoms with E-state index in [1.165, 1.54) is 19.1 Å². The summed E-state index contributed by atoms with van der Waals surface area (Å²) in [6, 6.07) is 21.4. The Morgan fingerprint density at radius 1 is 0.788 bits per heavy atom. The largest absolute Gasteiger partial charge is 0.368 e. The summed E-state index contributed by atoms with van der Waals surface area (Å²) in [5.74, 6) is -2.25. The van der Waals surface area contributed by atoms with Gasteiger partial charge in [0.05, 0.1) is 0 Å². The third-order valence-corrected chi connectivity index (χ3v) is 5.24. The van der Waals surface area contributed by atoms with E-state index in [1.54, 1.807) is 12.1 Å². The first-order chi connectivity index (χ1) is 15.8. The number of carbonyl (C=O) groups excluding carboxylic acids is 3. The molecule has 2 atom stereocenters. The number of nitrogens with two attached hydrogens (primary N) is 1. The molecule has 3 rings (SSSR count). The van der Waals surface area contributed by atoms with Crippen molar-refractivity contribution in [2.24, 2.45) is 5.73 Å². The third kappa shape index (κ3) is 6.74. The average molecular weight is 448 g/mol. The second-order valence-corrected chi connectivity index (χ2v) is 7.78. The molecule has 0 heterocycles. The van der Waals surface area contributed by atoms with Crippen LogP contribution in [0.3, 0.4) is 0 Å². The van der Waals surface area contributed by atoms with Crippen LogP contribution in [0.1, 0.15) is 18.1 Å². The molecular weight excluding hydrogens is 421 g/mol. The summed E-state index contributed by atoms with van der Waals surface area (Å²) in [5.41, 5.74) is 8.70. The van der Waals surface area contributed by atoms with Gasteiger partial charge in [0.1, 0.15) is 17.9 Å². The van der Waals surface area contributed by atoms with Crippen LogP contribution in [0, 0.1) is 5.82 Å². The van der Waals surface area contributed by atoms with E-state index in [4.69, 9.17) is 5.73 Å². The van der Waals surface area contributed by atoms with Crippen LogP contribution in [-0.4, -0.2) is 29.8 Å². The molecule has 0 saturated heterocycles. The molecular formula is C26H26FN3O3. The molecule has 0 aliphatic carbocycles. The summed E-state index contributed by atoms with van der Waals surface area (Å²) in [6.45, 7) is 1.27. The highest BCUT2D eigenvalue weighted by Gasteiger charge is 2.26. The van der Waals surface area contributed by atoms with Gasteiger partial charge in [-0.1, -0.05) is 72.8 Å². The maximum absolute atomic E-state index is 14.1. The fourth-order valence-corrected chi connectivity index (χ4v) is 3.53. The van der Waals surface area contributed by atoms with Crippen molar-refractivity contribution >= 4 is 17.7 Å². The summed E-state index contributed by atoms with van der Waals surface area (Å²) in [7, 11) is 0. The molecule has 4 N–H and O–H groups in total. The van der Waals surface area contributed by atoms with E-state index in [9.17, 15) is 18.8 Å². The van der Waals surface area contributed by atoms with Crippen LogP contribution in [0.15, 0.2) is 78.9 Å². The monoisotopic (exact) mass is 447 g/mol. The SMILES string of the molecule is CC(=O)N[C@@H](Cc1ccccc1F)C(=O)N[C@H](Cc1ccc(-c2ccccc2)cc1)C(N)=O. The van der Waals surface area contributed by atoms with Crippen molar-refractivity contribution in [3.05, 3.63) is 95.8 Å². The van der Waals surface area contributed by atoms with Crippen molar-refractivity contribution in [3.63, 3.8) is 0 Å². The molecule has 0 unspecified atom stereocenters. The molecule has 0 radical (unpaired) electrons. The van der Waals surface area contributed by atoms with Gasteiger partial charge in [-0.3, -0.25) is 14.4 Å². The first-order valence-corrected chi connectivity index (χ1v) is 10.6. The molecule has 0 aromatic heterocycles. The van der Waals surface area contributed by atoms with Gasteiger partial charge in [-0.2, -0.15) is 0 Å². The lowest BCUT2D eigenvalue weighted by molar-refractivity contribution is -0.130. The minimum Gasteiger partial charge on any atom is -0.368 e. The summed E-state index contributed by atoms with van der Waals surface area (Å²) in [4.78, 5) is 36.5. The number of nitrogens with one attached hydrogen (secondary N) is 2. The van der Waals surface area contributed by atoms with E-state index in [1.807, 2.05) is 54.6 Å². The highest BCUT2D eigenvalue weighted by molar-refractivity contribution is 5.91. The molecule has 0 bridgehead atoms. The summed E-state index contributed by atoms with van der Waals surface area (Å²) in [5, 5.41) is 5.13. The zero-order valence-corrected chi connectivity index (χ0v) is 18.3. The smallest absolute Gasteiger partial charge is 0.243 e. The zero-order valence-electron chi connectivity index (χ0n) is 18.3. The number of hydrogen-bond donors (Lipinski definition) is 3. The Morgan fingerprint density at radius 3 is 2.00 bits per heavy atom. The van der Waals surface area contributed by atoms with Crippen LogP contribution in [0.2, 0.25) is 0 Å². The van der Waals surface area contributed by atoms with Crippen molar-refractivity contribution in [1.82, 2.24) is 10.6 Å². The van der Waals surface area contributed by atoms with Crippen molar-refractivity contribution in [2.75, 3.05) is 0 Å². The van der Waals surface area contributed by atoms with E-state index in [-0.39, 0.29) is 18.4 Å².